The van der Waals surface area contributed by atoms with E-state index in [0.717, 1.165) is 83.3 Å². The molecule has 0 saturated carbocycles. The molecule has 1 aliphatic heterocycles. The lowest BCUT2D eigenvalue weighted by Crippen LogP contribution is -2.30. The van der Waals surface area contributed by atoms with E-state index in [9.17, 15) is 0 Å². The highest BCUT2D eigenvalue weighted by Gasteiger charge is 2.40. The highest BCUT2D eigenvalue weighted by Crippen LogP contribution is 2.54. The number of nitrogens with zero attached hydrogens (tertiary/aromatic N) is 3. The first-order valence-electron chi connectivity index (χ1n) is 22.2. The van der Waals surface area contributed by atoms with E-state index in [4.69, 9.17) is 6.57 Å². The van der Waals surface area contributed by atoms with Gasteiger partial charge in [0.2, 0.25) is 0 Å². The second-order valence-electron chi connectivity index (χ2n) is 17.0. The minimum absolute atomic E-state index is 0.0299. The number of fused-ring (bicyclic) bond motifs is 6. The quantitative estimate of drug-likeness (QED) is 0.146. The van der Waals surface area contributed by atoms with Crippen molar-refractivity contribution < 1.29 is 8.78 Å². The molecular weight excluding hydrogens is 813 g/mol. The fourth-order valence-electron chi connectivity index (χ4n) is 10.2. The number of benzene rings is 9. The van der Waals surface area contributed by atoms with Crippen LogP contribution in [0, 0.1) is 18.2 Å². The smallest absolute Gasteiger partial charge is 0.197 e. The van der Waals surface area contributed by atoms with Crippen molar-refractivity contribution in [2.24, 2.45) is 0 Å². The Morgan fingerprint density at radius 1 is 0.455 bits per heavy atom. The van der Waals surface area contributed by atoms with Gasteiger partial charge in [-0.15, -0.1) is 0 Å². The standard InChI is InChI=1S/C61H39F2N3/c1-64-54-38-60(66-57-35-45(41-19-10-4-11-20-41)27-31-49(57)50-32-28-46(36-58(50)66)42-21-12-5-13-22-42)59(37-51(54)61-52(62)23-14-24-53(61)63)65-55-33-43(39-15-6-2-7-16-39)25-29-47(55)48-30-26-44(34-56(48)65)40-17-8-3-9-18-40/h2-38,49,57H. The summed E-state index contributed by atoms with van der Waals surface area (Å²) >= 11 is 0. The lowest BCUT2D eigenvalue weighted by atomic mass is 9.86. The number of halogens is 2. The first kappa shape index (κ1) is 39.0. The highest BCUT2D eigenvalue weighted by molar-refractivity contribution is 6.12. The van der Waals surface area contributed by atoms with Crippen LogP contribution >= 0.6 is 0 Å². The van der Waals surface area contributed by atoms with E-state index in [2.05, 4.69) is 148 Å². The molecule has 0 N–H and O–H groups in total. The van der Waals surface area contributed by atoms with Crippen molar-refractivity contribution in [2.45, 2.75) is 12.0 Å². The molecular formula is C61H39F2N3. The molecule has 0 bridgehead atoms. The predicted molar refractivity (Wildman–Crippen MR) is 267 cm³/mol. The topological polar surface area (TPSA) is 12.5 Å². The van der Waals surface area contributed by atoms with E-state index >= 15 is 8.78 Å². The molecule has 9 aromatic carbocycles. The molecule has 1 aromatic heterocycles. The molecule has 0 amide bonds. The normalized spacial score (nSPS) is 15.1. The minimum atomic E-state index is -0.731. The van der Waals surface area contributed by atoms with E-state index in [1.165, 1.54) is 18.2 Å². The minimum Gasteiger partial charge on any atom is -0.333 e. The van der Waals surface area contributed by atoms with Crippen molar-refractivity contribution in [3.8, 4) is 50.2 Å². The summed E-state index contributed by atoms with van der Waals surface area (Å²) < 4.78 is 34.6. The summed E-state index contributed by atoms with van der Waals surface area (Å²) in [6.45, 7) is 8.65. The molecule has 2 aliphatic rings. The van der Waals surface area contributed by atoms with Crippen LogP contribution in [0.3, 0.4) is 0 Å². The van der Waals surface area contributed by atoms with E-state index in [-0.39, 0.29) is 28.8 Å². The van der Waals surface area contributed by atoms with Crippen LogP contribution in [0.4, 0.5) is 25.8 Å². The lowest BCUT2D eigenvalue weighted by molar-refractivity contribution is 0.590. The van der Waals surface area contributed by atoms with Crippen LogP contribution in [0.2, 0.25) is 0 Å². The maximum atomic E-state index is 16.2. The third kappa shape index (κ3) is 6.46. The second-order valence-corrected chi connectivity index (χ2v) is 17.0. The van der Waals surface area contributed by atoms with Crippen molar-refractivity contribution in [3.63, 3.8) is 0 Å². The molecule has 312 valence electrons. The van der Waals surface area contributed by atoms with E-state index < -0.39 is 11.6 Å². The number of aromatic nitrogens is 1. The average Bonchev–Trinajstić information content (AvgIpc) is 3.88. The molecule has 66 heavy (non-hydrogen) atoms. The van der Waals surface area contributed by atoms with Gasteiger partial charge in [0.05, 0.1) is 35.0 Å². The molecule has 5 heteroatoms. The van der Waals surface area contributed by atoms with Crippen LogP contribution in [-0.2, 0) is 0 Å². The van der Waals surface area contributed by atoms with Gasteiger partial charge in [0.1, 0.15) is 11.6 Å². The maximum Gasteiger partial charge on any atom is 0.197 e. The van der Waals surface area contributed by atoms with Crippen molar-refractivity contribution in [1.82, 2.24) is 4.57 Å². The molecule has 0 spiro atoms. The zero-order valence-electron chi connectivity index (χ0n) is 35.6. The van der Waals surface area contributed by atoms with Crippen molar-refractivity contribution in [2.75, 3.05) is 4.90 Å². The molecule has 2 heterocycles. The van der Waals surface area contributed by atoms with Gasteiger partial charge in [0.15, 0.2) is 5.69 Å². The van der Waals surface area contributed by atoms with Gasteiger partial charge in [-0.05, 0) is 98.1 Å². The fraction of sp³-hybridized carbons (Fsp3) is 0.0328. The number of anilines is 2. The summed E-state index contributed by atoms with van der Waals surface area (Å²) in [5.74, 6) is -1.49. The number of hydrogen-bond donors (Lipinski definition) is 0. The van der Waals surface area contributed by atoms with Gasteiger partial charge in [-0.2, -0.15) is 0 Å². The average molecular weight is 852 g/mol. The van der Waals surface area contributed by atoms with Crippen molar-refractivity contribution >= 4 is 44.4 Å². The Hall–Kier alpha value is -8.59. The van der Waals surface area contributed by atoms with Gasteiger partial charge in [-0.25, -0.2) is 13.6 Å². The Balaban J connectivity index is 1.21. The largest absolute Gasteiger partial charge is 0.333 e. The van der Waals surface area contributed by atoms with Gasteiger partial charge in [-0.3, -0.25) is 0 Å². The van der Waals surface area contributed by atoms with Crippen LogP contribution < -0.4 is 4.90 Å². The van der Waals surface area contributed by atoms with Crippen LogP contribution in [-0.4, -0.2) is 10.6 Å². The van der Waals surface area contributed by atoms with Crippen molar-refractivity contribution in [3.05, 3.63) is 259 Å². The summed E-state index contributed by atoms with van der Waals surface area (Å²) in [7, 11) is 0. The van der Waals surface area contributed by atoms with E-state index in [0.29, 0.717) is 5.69 Å². The lowest BCUT2D eigenvalue weighted by Gasteiger charge is -2.33. The van der Waals surface area contributed by atoms with Gasteiger partial charge >= 0.3 is 0 Å². The van der Waals surface area contributed by atoms with E-state index in [1.54, 1.807) is 0 Å². The Bertz CT molecular complexity index is 3510. The van der Waals surface area contributed by atoms with Crippen LogP contribution in [0.5, 0.6) is 0 Å². The molecule has 10 aromatic rings. The third-order valence-corrected chi connectivity index (χ3v) is 13.3. The molecule has 0 radical (unpaired) electrons. The maximum absolute atomic E-state index is 16.2. The number of rotatable bonds is 7. The molecule has 3 nitrogen and oxygen atoms in total. The van der Waals surface area contributed by atoms with Gasteiger partial charge in [-0.1, -0.05) is 182 Å². The summed E-state index contributed by atoms with van der Waals surface area (Å²) in [6, 6.07) is 68.5. The molecule has 1 aliphatic carbocycles. The van der Waals surface area contributed by atoms with Gasteiger partial charge in [0.25, 0.3) is 0 Å². The van der Waals surface area contributed by atoms with E-state index in [1.807, 2.05) is 72.8 Å². The molecule has 2 atom stereocenters. The Labute approximate surface area is 381 Å². The summed E-state index contributed by atoms with van der Waals surface area (Å²) in [4.78, 5) is 6.42. The zero-order chi connectivity index (χ0) is 44.3. The predicted octanol–water partition coefficient (Wildman–Crippen LogP) is 16.5. The van der Waals surface area contributed by atoms with Gasteiger partial charge in [0, 0.05) is 27.9 Å². The molecule has 0 fully saturated rings. The Kier molecular flexibility index (Phi) is 9.40. The molecule has 0 saturated heterocycles. The summed E-state index contributed by atoms with van der Waals surface area (Å²) in [5.41, 5.74) is 14.1. The molecule has 2 unspecified atom stereocenters. The zero-order valence-corrected chi connectivity index (χ0v) is 35.6. The summed E-state index contributed by atoms with van der Waals surface area (Å²) in [6.07, 6.45) is 6.85. The van der Waals surface area contributed by atoms with Crippen molar-refractivity contribution in [1.29, 1.82) is 0 Å². The van der Waals surface area contributed by atoms with Gasteiger partial charge < -0.3 is 9.47 Å². The van der Waals surface area contributed by atoms with Crippen LogP contribution in [0.15, 0.2) is 224 Å². The third-order valence-electron chi connectivity index (χ3n) is 13.3. The Morgan fingerprint density at radius 2 is 0.970 bits per heavy atom. The highest BCUT2D eigenvalue weighted by atomic mass is 19.1. The number of hydrogen-bond acceptors (Lipinski definition) is 1. The summed E-state index contributed by atoms with van der Waals surface area (Å²) in [5, 5.41) is 2.06. The first-order valence-corrected chi connectivity index (χ1v) is 22.2. The first-order chi connectivity index (χ1) is 32.5. The van der Waals surface area contributed by atoms with Crippen LogP contribution in [0.25, 0.3) is 82.4 Å². The monoisotopic (exact) mass is 851 g/mol. The number of allylic oxidation sites excluding steroid dienone is 2. The molecule has 12 rings (SSSR count). The second kappa shape index (κ2) is 15.9. The fourth-order valence-corrected chi connectivity index (χ4v) is 10.2. The SMILES string of the molecule is [C-]#[N+]c1cc(N2c3cc(-c4ccccc4)ccc3C3C=CC(c4ccccc4)=CC32)c(-n2c3cc(-c4ccccc4)ccc3c3ccc(-c4ccccc4)cc32)cc1-c1c(F)cccc1F. The van der Waals surface area contributed by atoms with Crippen LogP contribution in [0.1, 0.15) is 17.0 Å². The Morgan fingerprint density at radius 3 is 1.52 bits per heavy atom.